The normalized spacial score (nSPS) is 10.8. The van der Waals surface area contributed by atoms with Gasteiger partial charge in [-0.3, -0.25) is 0 Å². The zero-order chi connectivity index (χ0) is 15.2. The molecule has 0 heterocycles. The molecule has 0 fully saturated rings. The minimum absolute atomic E-state index is 0.264. The number of benzene rings is 1. The van der Waals surface area contributed by atoms with Gasteiger partial charge in [-0.1, -0.05) is 12.1 Å². The third-order valence-electron chi connectivity index (χ3n) is 2.06. The van der Waals surface area contributed by atoms with E-state index in [2.05, 4.69) is 5.32 Å². The van der Waals surface area contributed by atoms with Crippen LogP contribution in [0.15, 0.2) is 24.3 Å². The second-order valence-corrected chi connectivity index (χ2v) is 5.38. The Balaban J connectivity index is 2.42. The highest BCUT2D eigenvalue weighted by atomic mass is 35.5. The summed E-state index contributed by atoms with van der Waals surface area (Å²) in [4.78, 5) is 22.9. The van der Waals surface area contributed by atoms with Gasteiger partial charge in [-0.25, -0.2) is 9.59 Å². The Morgan fingerprint density at radius 3 is 2.60 bits per heavy atom. The first-order valence-corrected chi connectivity index (χ1v) is 6.66. The zero-order valence-corrected chi connectivity index (χ0v) is 12.5. The fourth-order valence-electron chi connectivity index (χ4n) is 1.32. The highest BCUT2D eigenvalue weighted by Gasteiger charge is 2.17. The number of nitrogens with one attached hydrogen (secondary N) is 1. The van der Waals surface area contributed by atoms with Gasteiger partial charge in [-0.2, -0.15) is 0 Å². The van der Waals surface area contributed by atoms with Gasteiger partial charge in [0.2, 0.25) is 0 Å². The van der Waals surface area contributed by atoms with E-state index < -0.39 is 17.7 Å². The summed E-state index contributed by atoms with van der Waals surface area (Å²) in [5, 5.41) is 2.33. The Kier molecular flexibility index (Phi) is 5.82. The number of esters is 1. The number of amides is 1. The number of hydrogen-bond acceptors (Lipinski definition) is 4. The lowest BCUT2D eigenvalue weighted by atomic mass is 10.2. The van der Waals surface area contributed by atoms with Crippen LogP contribution in [0.4, 0.5) is 4.79 Å². The van der Waals surface area contributed by atoms with Crippen molar-refractivity contribution in [3.05, 3.63) is 29.8 Å². The molecule has 0 aliphatic heterocycles. The van der Waals surface area contributed by atoms with Crippen molar-refractivity contribution in [2.75, 3.05) is 6.54 Å². The summed E-state index contributed by atoms with van der Waals surface area (Å²) < 4.78 is 10.1. The molecule has 0 aliphatic carbocycles. The molecule has 0 unspecified atom stereocenters. The fourth-order valence-corrected chi connectivity index (χ4v) is 1.48. The molecule has 6 heteroatoms. The second-order valence-electron chi connectivity index (χ2n) is 5.11. The Bertz CT molecular complexity index is 482. The molecule has 20 heavy (non-hydrogen) atoms. The fraction of sp³-hybridized carbons (Fsp3) is 0.429. The van der Waals surface area contributed by atoms with Crippen molar-refractivity contribution in [1.29, 1.82) is 0 Å². The van der Waals surface area contributed by atoms with E-state index in [4.69, 9.17) is 21.1 Å². The Morgan fingerprint density at radius 2 is 2.00 bits per heavy atom. The number of alkyl carbamates (subject to hydrolysis) is 1. The molecule has 1 amide bonds. The van der Waals surface area contributed by atoms with Crippen molar-refractivity contribution in [2.24, 2.45) is 0 Å². The highest BCUT2D eigenvalue weighted by Crippen LogP contribution is 2.14. The average Bonchev–Trinajstić information content (AvgIpc) is 2.34. The van der Waals surface area contributed by atoms with Gasteiger partial charge in [0.15, 0.2) is 0 Å². The predicted molar refractivity (Wildman–Crippen MR) is 75.9 cm³/mol. The molecular formula is C14H18ClNO4. The Labute approximate surface area is 123 Å². The molecule has 0 saturated carbocycles. The third kappa shape index (κ3) is 6.43. The molecule has 0 bridgehead atoms. The summed E-state index contributed by atoms with van der Waals surface area (Å²) in [6.45, 7) is 4.95. The van der Waals surface area contributed by atoms with Crippen LogP contribution in [0.3, 0.4) is 0 Å². The van der Waals surface area contributed by atoms with Gasteiger partial charge in [0.05, 0.1) is 0 Å². The number of hydrogen-bond donors (Lipinski definition) is 1. The summed E-state index contributed by atoms with van der Waals surface area (Å²) in [6.07, 6.45) is -0.663. The first kappa shape index (κ1) is 16.3. The van der Waals surface area contributed by atoms with Crippen LogP contribution >= 0.6 is 11.6 Å². The lowest BCUT2D eigenvalue weighted by molar-refractivity contribution is -0.133. The van der Waals surface area contributed by atoms with Gasteiger partial charge >= 0.3 is 12.1 Å². The summed E-state index contributed by atoms with van der Waals surface area (Å²) in [5.41, 5.74) is 0.236. The molecule has 1 rings (SSSR count). The first-order chi connectivity index (χ1) is 9.30. The van der Waals surface area contributed by atoms with Gasteiger partial charge in [0, 0.05) is 5.88 Å². The monoisotopic (exact) mass is 299 g/mol. The number of alkyl halides is 1. The van der Waals surface area contributed by atoms with Gasteiger partial charge in [0.25, 0.3) is 0 Å². The maximum atomic E-state index is 11.6. The minimum atomic E-state index is -0.663. The van der Waals surface area contributed by atoms with Crippen molar-refractivity contribution >= 4 is 23.7 Å². The van der Waals surface area contributed by atoms with Crippen LogP contribution in [0.25, 0.3) is 0 Å². The number of ether oxygens (including phenoxy) is 2. The summed E-state index contributed by atoms with van der Waals surface area (Å²) in [6, 6.07) is 6.87. The van der Waals surface area contributed by atoms with Gasteiger partial charge in [-0.05, 0) is 38.5 Å². The molecular weight excluding hydrogens is 282 g/mol. The van der Waals surface area contributed by atoms with Crippen LogP contribution in [0.1, 0.15) is 26.3 Å². The van der Waals surface area contributed by atoms with Crippen LogP contribution < -0.4 is 10.1 Å². The molecule has 1 aromatic carbocycles. The van der Waals surface area contributed by atoms with E-state index in [1.165, 1.54) is 0 Å². The lowest BCUT2D eigenvalue weighted by Crippen LogP contribution is -2.36. The third-order valence-corrected chi connectivity index (χ3v) is 2.37. The van der Waals surface area contributed by atoms with E-state index in [1.807, 2.05) is 6.07 Å². The van der Waals surface area contributed by atoms with Crippen LogP contribution in [0, 0.1) is 0 Å². The molecule has 0 spiro atoms. The van der Waals surface area contributed by atoms with E-state index in [0.717, 1.165) is 5.56 Å². The zero-order valence-electron chi connectivity index (χ0n) is 11.7. The van der Waals surface area contributed by atoms with Crippen molar-refractivity contribution in [3.63, 3.8) is 0 Å². The maximum Gasteiger partial charge on any atom is 0.408 e. The number of carbonyl (C=O) groups excluding carboxylic acids is 2. The van der Waals surface area contributed by atoms with E-state index in [1.54, 1.807) is 39.0 Å². The number of carbonyl (C=O) groups is 2. The average molecular weight is 300 g/mol. The smallest absolute Gasteiger partial charge is 0.408 e. The number of rotatable bonds is 4. The van der Waals surface area contributed by atoms with E-state index >= 15 is 0 Å². The van der Waals surface area contributed by atoms with E-state index in [-0.39, 0.29) is 6.54 Å². The molecule has 5 nitrogen and oxygen atoms in total. The minimum Gasteiger partial charge on any atom is -0.444 e. The van der Waals surface area contributed by atoms with E-state index in [9.17, 15) is 9.59 Å². The highest BCUT2D eigenvalue weighted by molar-refractivity contribution is 6.17. The molecule has 0 radical (unpaired) electrons. The molecule has 0 aromatic heterocycles. The summed E-state index contributed by atoms with van der Waals surface area (Å²) >= 11 is 5.69. The van der Waals surface area contributed by atoms with Crippen molar-refractivity contribution in [3.8, 4) is 5.75 Å². The van der Waals surface area contributed by atoms with E-state index in [0.29, 0.717) is 11.6 Å². The summed E-state index contributed by atoms with van der Waals surface area (Å²) in [5.74, 6) is 0.142. The van der Waals surface area contributed by atoms with Gasteiger partial charge in [0.1, 0.15) is 17.9 Å². The maximum absolute atomic E-state index is 11.6. The molecule has 1 aromatic rings. The molecule has 1 N–H and O–H groups in total. The predicted octanol–water partition coefficient (Wildman–Crippen LogP) is 2.86. The molecule has 110 valence electrons. The topological polar surface area (TPSA) is 64.6 Å². The largest absolute Gasteiger partial charge is 0.444 e. The van der Waals surface area contributed by atoms with Crippen LogP contribution in [0.2, 0.25) is 0 Å². The first-order valence-electron chi connectivity index (χ1n) is 6.12. The van der Waals surface area contributed by atoms with Crippen LogP contribution in [0.5, 0.6) is 5.75 Å². The standard InChI is InChI=1S/C14H18ClNO4/c1-14(2,3)20-13(18)16-9-12(17)19-11-6-4-5-10(7-11)8-15/h4-7H,8-9H2,1-3H3,(H,16,18). The Morgan fingerprint density at radius 1 is 1.30 bits per heavy atom. The van der Waals surface area contributed by atoms with Crippen molar-refractivity contribution < 1.29 is 19.1 Å². The quantitative estimate of drug-likeness (QED) is 0.527. The molecule has 0 aliphatic rings. The molecule has 0 saturated heterocycles. The SMILES string of the molecule is CC(C)(C)OC(=O)NCC(=O)Oc1cccc(CCl)c1. The molecule has 0 atom stereocenters. The lowest BCUT2D eigenvalue weighted by Gasteiger charge is -2.19. The number of halogens is 1. The Hall–Kier alpha value is -1.75. The second kappa shape index (κ2) is 7.14. The van der Waals surface area contributed by atoms with Crippen molar-refractivity contribution in [1.82, 2.24) is 5.32 Å². The van der Waals surface area contributed by atoms with Crippen LogP contribution in [-0.2, 0) is 15.4 Å². The van der Waals surface area contributed by atoms with Crippen LogP contribution in [-0.4, -0.2) is 24.2 Å². The van der Waals surface area contributed by atoms with Gasteiger partial charge in [-0.15, -0.1) is 11.6 Å². The van der Waals surface area contributed by atoms with Gasteiger partial charge < -0.3 is 14.8 Å². The van der Waals surface area contributed by atoms with Crippen molar-refractivity contribution in [2.45, 2.75) is 32.3 Å². The summed E-state index contributed by atoms with van der Waals surface area (Å²) in [7, 11) is 0.